The zero-order valence-electron chi connectivity index (χ0n) is 9.33. The molecule has 0 saturated carbocycles. The molecule has 84 valence electrons. The molecule has 1 amide bonds. The average Bonchev–Trinajstić information content (AvgIpc) is 2.61. The van der Waals surface area contributed by atoms with Gasteiger partial charge in [-0.15, -0.1) is 0 Å². The molecule has 1 aromatic rings. The van der Waals surface area contributed by atoms with Crippen LogP contribution in [-0.2, 0) is 0 Å². The smallest absolute Gasteiger partial charge is 0.252 e. The molecule has 0 atom stereocenters. The van der Waals surface area contributed by atoms with E-state index < -0.39 is 0 Å². The van der Waals surface area contributed by atoms with Crippen LogP contribution in [-0.4, -0.2) is 24.2 Å². The second kappa shape index (κ2) is 4.77. The third-order valence-corrected chi connectivity index (χ3v) is 3.12. The number of carbonyl (C=O) groups is 1. The minimum Gasteiger partial charge on any atom is -0.396 e. The predicted molar refractivity (Wildman–Crippen MR) is 62.3 cm³/mol. The van der Waals surface area contributed by atoms with Gasteiger partial charge >= 0.3 is 0 Å². The van der Waals surface area contributed by atoms with Crippen molar-refractivity contribution in [3.63, 3.8) is 0 Å². The van der Waals surface area contributed by atoms with Crippen LogP contribution in [0.3, 0.4) is 0 Å². The fourth-order valence-corrected chi connectivity index (χ4v) is 1.89. The van der Waals surface area contributed by atoms with Crippen molar-refractivity contribution >= 4 is 17.2 Å². The molecule has 0 radical (unpaired) electrons. The summed E-state index contributed by atoms with van der Waals surface area (Å²) in [6.45, 7) is 6.29. The van der Waals surface area contributed by atoms with Gasteiger partial charge in [0.15, 0.2) is 0 Å². The molecule has 15 heavy (non-hydrogen) atoms. The lowest BCUT2D eigenvalue weighted by atomic mass is 9.95. The molecule has 0 aliphatic rings. The van der Waals surface area contributed by atoms with E-state index >= 15 is 0 Å². The van der Waals surface area contributed by atoms with E-state index in [4.69, 9.17) is 5.11 Å². The zero-order chi connectivity index (χ0) is 11.5. The summed E-state index contributed by atoms with van der Waals surface area (Å²) in [5, 5.41) is 15.7. The van der Waals surface area contributed by atoms with Crippen molar-refractivity contribution < 1.29 is 9.90 Å². The molecule has 0 aromatic carbocycles. The molecule has 0 aliphatic carbocycles. The minimum absolute atomic E-state index is 0.0599. The Morgan fingerprint density at radius 2 is 2.20 bits per heavy atom. The van der Waals surface area contributed by atoms with Crippen molar-refractivity contribution in [2.75, 3.05) is 13.2 Å². The Hall–Kier alpha value is -0.870. The van der Waals surface area contributed by atoms with E-state index in [-0.39, 0.29) is 17.9 Å². The highest BCUT2D eigenvalue weighted by Crippen LogP contribution is 2.15. The van der Waals surface area contributed by atoms with Gasteiger partial charge in [0.25, 0.3) is 5.91 Å². The third-order valence-electron chi connectivity index (χ3n) is 2.26. The van der Waals surface area contributed by atoms with Crippen LogP contribution >= 0.6 is 11.3 Å². The lowest BCUT2D eigenvalue weighted by Gasteiger charge is -2.21. The maximum absolute atomic E-state index is 11.7. The quantitative estimate of drug-likeness (QED) is 0.824. The van der Waals surface area contributed by atoms with Crippen molar-refractivity contribution in [2.45, 2.75) is 20.8 Å². The summed E-state index contributed by atoms with van der Waals surface area (Å²) in [5.41, 5.74) is 1.47. The first kappa shape index (κ1) is 12.2. The van der Waals surface area contributed by atoms with E-state index in [2.05, 4.69) is 5.32 Å². The third kappa shape index (κ3) is 3.32. The fourth-order valence-electron chi connectivity index (χ4n) is 1.06. The summed E-state index contributed by atoms with van der Waals surface area (Å²) in [7, 11) is 0. The van der Waals surface area contributed by atoms with Gasteiger partial charge in [-0.2, -0.15) is 11.3 Å². The van der Waals surface area contributed by atoms with E-state index in [1.165, 1.54) is 11.3 Å². The summed E-state index contributed by atoms with van der Waals surface area (Å²) in [6, 6.07) is 0. The highest BCUT2D eigenvalue weighted by molar-refractivity contribution is 7.08. The monoisotopic (exact) mass is 227 g/mol. The first-order valence-electron chi connectivity index (χ1n) is 4.88. The Morgan fingerprint density at radius 3 is 2.67 bits per heavy atom. The van der Waals surface area contributed by atoms with Crippen LogP contribution in [0.2, 0.25) is 0 Å². The van der Waals surface area contributed by atoms with Gasteiger partial charge < -0.3 is 10.4 Å². The number of carbonyl (C=O) groups excluding carboxylic acids is 1. The van der Waals surface area contributed by atoms with Crippen LogP contribution in [0.5, 0.6) is 0 Å². The standard InChI is InChI=1S/C11H17NO2S/c1-8-4-15-5-9(8)10(14)12-6-11(2,3)7-13/h4-5,13H,6-7H2,1-3H3,(H,12,14). The van der Waals surface area contributed by atoms with Gasteiger partial charge in [-0.1, -0.05) is 13.8 Å². The van der Waals surface area contributed by atoms with E-state index in [0.29, 0.717) is 6.54 Å². The predicted octanol–water partition coefficient (Wildman–Crippen LogP) is 1.80. The molecule has 0 aliphatic heterocycles. The number of aliphatic hydroxyl groups is 1. The number of thiophene rings is 1. The van der Waals surface area contributed by atoms with Crippen LogP contribution in [0, 0.1) is 12.3 Å². The molecular weight excluding hydrogens is 210 g/mol. The number of rotatable bonds is 4. The van der Waals surface area contributed by atoms with E-state index in [9.17, 15) is 4.79 Å². The zero-order valence-corrected chi connectivity index (χ0v) is 10.1. The molecule has 0 bridgehead atoms. The minimum atomic E-state index is -0.264. The van der Waals surface area contributed by atoms with Gasteiger partial charge in [0, 0.05) is 23.9 Å². The molecule has 1 heterocycles. The van der Waals surface area contributed by atoms with Gasteiger partial charge in [-0.05, 0) is 17.9 Å². The molecule has 2 N–H and O–H groups in total. The van der Waals surface area contributed by atoms with Crippen molar-refractivity contribution in [2.24, 2.45) is 5.41 Å². The molecule has 0 saturated heterocycles. The van der Waals surface area contributed by atoms with Crippen LogP contribution in [0.15, 0.2) is 10.8 Å². The molecule has 1 aromatic heterocycles. The maximum Gasteiger partial charge on any atom is 0.252 e. The summed E-state index contributed by atoms with van der Waals surface area (Å²) in [4.78, 5) is 11.7. The average molecular weight is 227 g/mol. The second-order valence-electron chi connectivity index (χ2n) is 4.47. The van der Waals surface area contributed by atoms with Gasteiger partial charge in [0.05, 0.1) is 5.56 Å². The summed E-state index contributed by atoms with van der Waals surface area (Å²) in [6.07, 6.45) is 0. The van der Waals surface area contributed by atoms with E-state index in [0.717, 1.165) is 11.1 Å². The van der Waals surface area contributed by atoms with Crippen LogP contribution in [0.25, 0.3) is 0 Å². The maximum atomic E-state index is 11.7. The number of aliphatic hydroxyl groups excluding tert-OH is 1. The van der Waals surface area contributed by atoms with Crippen molar-refractivity contribution in [1.29, 1.82) is 0 Å². The highest BCUT2D eigenvalue weighted by Gasteiger charge is 2.18. The Kier molecular flexibility index (Phi) is 3.88. The molecule has 1 rings (SSSR count). The summed E-state index contributed by atoms with van der Waals surface area (Å²) < 4.78 is 0. The van der Waals surface area contributed by atoms with Gasteiger partial charge in [0.2, 0.25) is 0 Å². The Balaban J connectivity index is 2.55. The Labute approximate surface area is 94.1 Å². The van der Waals surface area contributed by atoms with Crippen LogP contribution in [0.4, 0.5) is 0 Å². The molecule has 0 spiro atoms. The van der Waals surface area contributed by atoms with Crippen LogP contribution in [0.1, 0.15) is 29.8 Å². The molecule has 0 unspecified atom stereocenters. The van der Waals surface area contributed by atoms with Gasteiger partial charge in [-0.25, -0.2) is 0 Å². The lowest BCUT2D eigenvalue weighted by molar-refractivity contribution is 0.0911. The topological polar surface area (TPSA) is 49.3 Å². The number of amides is 1. The summed E-state index contributed by atoms with van der Waals surface area (Å²) in [5.74, 6) is -0.0599. The van der Waals surface area contributed by atoms with Crippen molar-refractivity contribution in [1.82, 2.24) is 5.32 Å². The number of nitrogens with one attached hydrogen (secondary N) is 1. The Bertz CT molecular complexity index is 344. The van der Waals surface area contributed by atoms with Crippen LogP contribution < -0.4 is 5.32 Å². The molecule has 0 fully saturated rings. The highest BCUT2D eigenvalue weighted by atomic mass is 32.1. The largest absolute Gasteiger partial charge is 0.396 e. The lowest BCUT2D eigenvalue weighted by Crippen LogP contribution is -2.36. The molecule has 4 heteroatoms. The number of hydrogen-bond donors (Lipinski definition) is 2. The normalized spacial score (nSPS) is 11.5. The molecular formula is C11H17NO2S. The molecule has 3 nitrogen and oxygen atoms in total. The first-order valence-corrected chi connectivity index (χ1v) is 5.82. The van der Waals surface area contributed by atoms with Crippen molar-refractivity contribution in [3.8, 4) is 0 Å². The second-order valence-corrected chi connectivity index (χ2v) is 5.22. The van der Waals surface area contributed by atoms with Gasteiger partial charge in [0.1, 0.15) is 0 Å². The Morgan fingerprint density at radius 1 is 1.53 bits per heavy atom. The first-order chi connectivity index (χ1) is 6.96. The SMILES string of the molecule is Cc1cscc1C(=O)NCC(C)(C)CO. The van der Waals surface area contributed by atoms with E-state index in [1.807, 2.05) is 31.5 Å². The number of aryl methyl sites for hydroxylation is 1. The van der Waals surface area contributed by atoms with E-state index in [1.54, 1.807) is 0 Å². The van der Waals surface area contributed by atoms with Crippen molar-refractivity contribution in [3.05, 3.63) is 21.9 Å². The summed E-state index contributed by atoms with van der Waals surface area (Å²) >= 11 is 1.52. The number of hydrogen-bond acceptors (Lipinski definition) is 3. The fraction of sp³-hybridized carbons (Fsp3) is 0.545. The van der Waals surface area contributed by atoms with Gasteiger partial charge in [-0.3, -0.25) is 4.79 Å².